The highest BCUT2D eigenvalue weighted by molar-refractivity contribution is 5.92. The van der Waals surface area contributed by atoms with Gasteiger partial charge in [0.1, 0.15) is 0 Å². The molecular weight excluding hydrogens is 316 g/mol. The molecule has 1 heterocycles. The third-order valence-corrected chi connectivity index (χ3v) is 4.62. The zero-order chi connectivity index (χ0) is 18.1. The summed E-state index contributed by atoms with van der Waals surface area (Å²) >= 11 is 0. The lowest BCUT2D eigenvalue weighted by atomic mass is 9.96. The molecule has 0 bridgehead atoms. The molecule has 0 aliphatic rings. The van der Waals surface area contributed by atoms with Gasteiger partial charge in [-0.3, -0.25) is 0 Å². The first-order chi connectivity index (χ1) is 12.6. The largest absolute Gasteiger partial charge is 0.247 e. The molecule has 0 saturated carbocycles. The van der Waals surface area contributed by atoms with Gasteiger partial charge in [0, 0.05) is 16.5 Å². The Bertz CT molecular complexity index is 1130. The fraction of sp³-hybridized carbons (Fsp3) is 0.0833. The van der Waals surface area contributed by atoms with E-state index in [9.17, 15) is 0 Å². The van der Waals surface area contributed by atoms with E-state index in [2.05, 4.69) is 68.4 Å². The second-order valence-electron chi connectivity index (χ2n) is 6.64. The second-order valence-corrected chi connectivity index (χ2v) is 6.64. The van der Waals surface area contributed by atoms with Crippen LogP contribution in [0.1, 0.15) is 16.7 Å². The highest BCUT2D eigenvalue weighted by atomic mass is 14.7. The van der Waals surface area contributed by atoms with Gasteiger partial charge in [-0.15, -0.1) is 0 Å². The van der Waals surface area contributed by atoms with Crippen molar-refractivity contribution in [1.82, 2.24) is 4.98 Å². The number of aromatic nitrogens is 1. The quantitative estimate of drug-likeness (QED) is 0.447. The van der Waals surface area contributed by atoms with E-state index in [0.717, 1.165) is 33.3 Å². The topological polar surface area (TPSA) is 36.7 Å². The van der Waals surface area contributed by atoms with E-state index in [4.69, 9.17) is 10.2 Å². The van der Waals surface area contributed by atoms with Crippen LogP contribution in [0.15, 0.2) is 72.8 Å². The van der Waals surface area contributed by atoms with Gasteiger partial charge in [-0.25, -0.2) is 4.98 Å². The normalized spacial score (nSPS) is 10.7. The molecule has 124 valence electrons. The fourth-order valence-corrected chi connectivity index (χ4v) is 3.17. The van der Waals surface area contributed by atoms with Crippen LogP contribution in [0.25, 0.3) is 33.3 Å². The highest BCUT2D eigenvalue weighted by Gasteiger charge is 2.12. The number of benzene rings is 3. The average Bonchev–Trinajstić information content (AvgIpc) is 2.68. The van der Waals surface area contributed by atoms with E-state index in [1.54, 1.807) is 0 Å². The number of nitrogens with zero attached hydrogens (tertiary/aromatic N) is 2. The number of aryl methyl sites for hydroxylation is 2. The van der Waals surface area contributed by atoms with E-state index in [1.807, 2.05) is 24.3 Å². The molecule has 0 N–H and O–H groups in total. The summed E-state index contributed by atoms with van der Waals surface area (Å²) in [5.74, 6) is 0. The number of fused-ring (bicyclic) bond motifs is 1. The van der Waals surface area contributed by atoms with Crippen LogP contribution in [0.2, 0.25) is 0 Å². The fourth-order valence-electron chi connectivity index (χ4n) is 3.17. The van der Waals surface area contributed by atoms with Gasteiger partial charge >= 0.3 is 0 Å². The summed E-state index contributed by atoms with van der Waals surface area (Å²) < 4.78 is 0. The van der Waals surface area contributed by atoms with E-state index in [0.29, 0.717) is 5.56 Å². The molecule has 26 heavy (non-hydrogen) atoms. The zero-order valence-electron chi connectivity index (χ0n) is 14.8. The molecule has 2 nitrogen and oxygen atoms in total. The Morgan fingerprint density at radius 3 is 2.08 bits per heavy atom. The van der Waals surface area contributed by atoms with Crippen molar-refractivity contribution in [2.45, 2.75) is 13.8 Å². The molecule has 4 aromatic rings. The summed E-state index contributed by atoms with van der Waals surface area (Å²) in [7, 11) is 0. The van der Waals surface area contributed by atoms with Crippen molar-refractivity contribution in [3.8, 4) is 28.5 Å². The minimum absolute atomic E-state index is 0.662. The van der Waals surface area contributed by atoms with Crippen LogP contribution >= 0.6 is 0 Å². The minimum atomic E-state index is 0.662. The smallest absolute Gasteiger partial charge is 0.0991 e. The van der Waals surface area contributed by atoms with Crippen molar-refractivity contribution in [3.63, 3.8) is 0 Å². The van der Waals surface area contributed by atoms with Crippen molar-refractivity contribution >= 4 is 10.9 Å². The molecule has 0 unspecified atom stereocenters. The van der Waals surface area contributed by atoms with Gasteiger partial charge in [0.05, 0.1) is 22.8 Å². The predicted molar refractivity (Wildman–Crippen MR) is 107 cm³/mol. The molecule has 0 fully saturated rings. The number of hydrogen-bond acceptors (Lipinski definition) is 2. The van der Waals surface area contributed by atoms with Crippen molar-refractivity contribution in [3.05, 3.63) is 89.5 Å². The standard InChI is InChI=1S/C24H18N2/c1-16-3-8-20(9-4-16)24-22(19-10-6-18(15-25)7-11-19)14-21-13-17(2)5-12-23(21)26-24/h3-14H,1-2H3. The van der Waals surface area contributed by atoms with Gasteiger partial charge in [0.2, 0.25) is 0 Å². The van der Waals surface area contributed by atoms with Crippen LogP contribution in [0, 0.1) is 25.2 Å². The van der Waals surface area contributed by atoms with Gasteiger partial charge in [-0.2, -0.15) is 5.26 Å². The number of pyridine rings is 1. The average molecular weight is 334 g/mol. The first-order valence-corrected chi connectivity index (χ1v) is 8.63. The van der Waals surface area contributed by atoms with Crippen LogP contribution in [-0.4, -0.2) is 4.98 Å². The highest BCUT2D eigenvalue weighted by Crippen LogP contribution is 2.34. The van der Waals surface area contributed by atoms with Gasteiger partial charge < -0.3 is 0 Å². The summed E-state index contributed by atoms with van der Waals surface area (Å²) in [6.45, 7) is 4.18. The van der Waals surface area contributed by atoms with Crippen LogP contribution < -0.4 is 0 Å². The van der Waals surface area contributed by atoms with Crippen molar-refractivity contribution in [1.29, 1.82) is 5.26 Å². The maximum Gasteiger partial charge on any atom is 0.0991 e. The van der Waals surface area contributed by atoms with E-state index in [-0.39, 0.29) is 0 Å². The van der Waals surface area contributed by atoms with E-state index in [1.165, 1.54) is 11.1 Å². The molecule has 2 heteroatoms. The Labute approximate surface area is 153 Å². The Balaban J connectivity index is 1.99. The van der Waals surface area contributed by atoms with Crippen LogP contribution in [0.5, 0.6) is 0 Å². The second kappa shape index (κ2) is 6.46. The number of rotatable bonds is 2. The summed E-state index contributed by atoms with van der Waals surface area (Å²) in [5.41, 5.74) is 8.30. The lowest BCUT2D eigenvalue weighted by Gasteiger charge is -2.12. The first kappa shape index (κ1) is 16.1. The lowest BCUT2D eigenvalue weighted by Crippen LogP contribution is -1.92. The van der Waals surface area contributed by atoms with Gasteiger partial charge in [-0.1, -0.05) is 53.6 Å². The Kier molecular flexibility index (Phi) is 3.99. The lowest BCUT2D eigenvalue weighted by molar-refractivity contribution is 1.37. The summed E-state index contributed by atoms with van der Waals surface area (Å²) in [6.07, 6.45) is 0. The molecule has 0 saturated heterocycles. The van der Waals surface area contributed by atoms with Crippen molar-refractivity contribution < 1.29 is 0 Å². The first-order valence-electron chi connectivity index (χ1n) is 8.63. The minimum Gasteiger partial charge on any atom is -0.247 e. The molecule has 0 aliphatic carbocycles. The molecule has 0 amide bonds. The summed E-state index contributed by atoms with van der Waals surface area (Å²) in [4.78, 5) is 4.97. The van der Waals surface area contributed by atoms with Crippen LogP contribution in [0.4, 0.5) is 0 Å². The van der Waals surface area contributed by atoms with Gasteiger partial charge in [0.15, 0.2) is 0 Å². The Hall–Kier alpha value is -3.44. The Morgan fingerprint density at radius 2 is 1.38 bits per heavy atom. The van der Waals surface area contributed by atoms with Crippen molar-refractivity contribution in [2.24, 2.45) is 0 Å². The molecule has 0 radical (unpaired) electrons. The number of hydrogen-bond donors (Lipinski definition) is 0. The molecule has 3 aromatic carbocycles. The van der Waals surface area contributed by atoms with Crippen molar-refractivity contribution in [2.75, 3.05) is 0 Å². The maximum absolute atomic E-state index is 9.07. The molecular formula is C24H18N2. The van der Waals surface area contributed by atoms with Gasteiger partial charge in [-0.05, 0) is 49.7 Å². The predicted octanol–water partition coefficient (Wildman–Crippen LogP) is 6.06. The van der Waals surface area contributed by atoms with E-state index < -0.39 is 0 Å². The molecule has 0 aliphatic heterocycles. The SMILES string of the molecule is Cc1ccc(-c2nc3ccc(C)cc3cc2-c2ccc(C#N)cc2)cc1. The van der Waals surface area contributed by atoms with Gasteiger partial charge in [0.25, 0.3) is 0 Å². The molecule has 4 rings (SSSR count). The Morgan fingerprint density at radius 1 is 0.731 bits per heavy atom. The van der Waals surface area contributed by atoms with Crippen LogP contribution in [-0.2, 0) is 0 Å². The van der Waals surface area contributed by atoms with E-state index >= 15 is 0 Å². The number of nitriles is 1. The summed E-state index contributed by atoms with van der Waals surface area (Å²) in [6, 6.07) is 26.9. The monoisotopic (exact) mass is 334 g/mol. The van der Waals surface area contributed by atoms with Crippen LogP contribution in [0.3, 0.4) is 0 Å². The third-order valence-electron chi connectivity index (χ3n) is 4.62. The molecule has 0 atom stereocenters. The molecule has 0 spiro atoms. The molecule has 1 aromatic heterocycles. The maximum atomic E-state index is 9.07. The zero-order valence-corrected chi connectivity index (χ0v) is 14.8. The third kappa shape index (κ3) is 2.96. The summed E-state index contributed by atoms with van der Waals surface area (Å²) in [5, 5.41) is 10.2.